The Morgan fingerprint density at radius 1 is 1.25 bits per heavy atom. The number of carbonyl (C=O) groups is 1. The van der Waals surface area contributed by atoms with Gasteiger partial charge in [0.2, 0.25) is 0 Å². The van der Waals surface area contributed by atoms with Gasteiger partial charge in [-0.2, -0.15) is 0 Å². The Bertz CT molecular complexity index is 609. The van der Waals surface area contributed by atoms with Gasteiger partial charge < -0.3 is 9.84 Å². The van der Waals surface area contributed by atoms with Gasteiger partial charge >= 0.3 is 5.97 Å². The molecule has 0 saturated heterocycles. The summed E-state index contributed by atoms with van der Waals surface area (Å²) in [6.07, 6.45) is 0.554. The van der Waals surface area contributed by atoms with Gasteiger partial charge in [-0.25, -0.2) is 4.79 Å². The van der Waals surface area contributed by atoms with Crippen LogP contribution in [0.3, 0.4) is 0 Å². The molecule has 0 atom stereocenters. The molecule has 2 aromatic carbocycles. The summed E-state index contributed by atoms with van der Waals surface area (Å²) in [7, 11) is 0. The van der Waals surface area contributed by atoms with Crippen LogP contribution in [-0.2, 0) is 11.2 Å². The van der Waals surface area contributed by atoms with Gasteiger partial charge in [0.15, 0.2) is 0 Å². The Hall–Kier alpha value is -1.81. The van der Waals surface area contributed by atoms with Gasteiger partial charge in [0, 0.05) is 16.5 Å². The quantitative estimate of drug-likeness (QED) is 0.862. The fourth-order valence-corrected chi connectivity index (χ4v) is 2.48. The molecule has 0 aliphatic carbocycles. The monoisotopic (exact) mass is 334 g/mol. The maximum Gasteiger partial charge on any atom is 0.341 e. The zero-order valence-electron chi connectivity index (χ0n) is 11.1. The minimum Gasteiger partial charge on any atom is -0.507 e. The number of carbonyl (C=O) groups excluding carboxylic acids is 1. The van der Waals surface area contributed by atoms with Crippen LogP contribution in [0, 0.1) is 0 Å². The summed E-state index contributed by atoms with van der Waals surface area (Å²) in [5.41, 5.74) is 1.94. The molecule has 20 heavy (non-hydrogen) atoms. The highest BCUT2D eigenvalue weighted by atomic mass is 79.9. The van der Waals surface area contributed by atoms with Crippen LogP contribution in [0.25, 0.3) is 0 Å². The molecule has 0 fully saturated rings. The van der Waals surface area contributed by atoms with Crippen LogP contribution in [0.15, 0.2) is 46.9 Å². The molecule has 0 bridgehead atoms. The van der Waals surface area contributed by atoms with Gasteiger partial charge in [0.05, 0.1) is 6.61 Å². The van der Waals surface area contributed by atoms with Crippen LogP contribution in [0.2, 0.25) is 0 Å². The van der Waals surface area contributed by atoms with E-state index in [-0.39, 0.29) is 17.9 Å². The van der Waals surface area contributed by atoms with Crippen molar-refractivity contribution in [2.45, 2.75) is 13.3 Å². The molecular weight excluding hydrogens is 320 g/mol. The third-order valence-corrected chi connectivity index (χ3v) is 3.34. The maximum atomic E-state index is 11.8. The molecule has 0 radical (unpaired) electrons. The topological polar surface area (TPSA) is 46.5 Å². The second-order valence-electron chi connectivity index (χ2n) is 4.34. The van der Waals surface area contributed by atoms with E-state index in [4.69, 9.17) is 4.74 Å². The second-order valence-corrected chi connectivity index (χ2v) is 5.26. The summed E-state index contributed by atoms with van der Waals surface area (Å²) in [6, 6.07) is 13.2. The fraction of sp³-hybridized carbons (Fsp3) is 0.188. The molecule has 0 aliphatic heterocycles. The van der Waals surface area contributed by atoms with Crippen LogP contribution in [0.4, 0.5) is 0 Å². The number of hydrogen-bond donors (Lipinski definition) is 1. The SMILES string of the molecule is CCOC(=O)c1cc(Br)cc(Cc2ccccc2)c1O. The number of benzene rings is 2. The van der Waals surface area contributed by atoms with Gasteiger partial charge in [-0.3, -0.25) is 0 Å². The zero-order chi connectivity index (χ0) is 14.5. The normalized spacial score (nSPS) is 10.3. The molecule has 0 unspecified atom stereocenters. The smallest absolute Gasteiger partial charge is 0.341 e. The maximum absolute atomic E-state index is 11.8. The number of rotatable bonds is 4. The average molecular weight is 335 g/mol. The number of esters is 1. The number of aromatic hydroxyl groups is 1. The highest BCUT2D eigenvalue weighted by Crippen LogP contribution is 2.29. The van der Waals surface area contributed by atoms with E-state index in [1.54, 1.807) is 13.0 Å². The zero-order valence-corrected chi connectivity index (χ0v) is 12.7. The van der Waals surface area contributed by atoms with Crippen molar-refractivity contribution in [3.05, 3.63) is 63.6 Å². The standard InChI is InChI=1S/C16H15BrO3/c1-2-20-16(19)14-10-13(17)9-12(15(14)18)8-11-6-4-3-5-7-11/h3-7,9-10,18H,2,8H2,1H3. The predicted molar refractivity (Wildman–Crippen MR) is 81.0 cm³/mol. The van der Waals surface area contributed by atoms with Crippen LogP contribution < -0.4 is 0 Å². The van der Waals surface area contributed by atoms with Crippen LogP contribution in [-0.4, -0.2) is 17.7 Å². The van der Waals surface area contributed by atoms with E-state index in [2.05, 4.69) is 15.9 Å². The fourth-order valence-electron chi connectivity index (χ4n) is 1.97. The Morgan fingerprint density at radius 2 is 1.95 bits per heavy atom. The first-order valence-electron chi connectivity index (χ1n) is 6.34. The first-order chi connectivity index (χ1) is 9.61. The average Bonchev–Trinajstić information content (AvgIpc) is 2.44. The van der Waals surface area contributed by atoms with E-state index in [0.29, 0.717) is 12.0 Å². The van der Waals surface area contributed by atoms with Gasteiger partial charge in [0.1, 0.15) is 11.3 Å². The Morgan fingerprint density at radius 3 is 2.60 bits per heavy atom. The van der Waals surface area contributed by atoms with Crippen molar-refractivity contribution in [3.63, 3.8) is 0 Å². The highest BCUT2D eigenvalue weighted by molar-refractivity contribution is 9.10. The number of hydrogen-bond acceptors (Lipinski definition) is 3. The van der Waals surface area contributed by atoms with Crippen molar-refractivity contribution in [3.8, 4) is 5.75 Å². The largest absolute Gasteiger partial charge is 0.507 e. The van der Waals surface area contributed by atoms with E-state index in [1.165, 1.54) is 0 Å². The van der Waals surface area contributed by atoms with Gasteiger partial charge in [0.25, 0.3) is 0 Å². The van der Waals surface area contributed by atoms with Crippen molar-refractivity contribution >= 4 is 21.9 Å². The van der Waals surface area contributed by atoms with Crippen molar-refractivity contribution in [2.24, 2.45) is 0 Å². The molecule has 0 aliphatic rings. The van der Waals surface area contributed by atoms with E-state index in [0.717, 1.165) is 10.0 Å². The summed E-state index contributed by atoms with van der Waals surface area (Å²) in [5, 5.41) is 10.2. The van der Waals surface area contributed by atoms with Crippen LogP contribution in [0.5, 0.6) is 5.75 Å². The number of phenolic OH excluding ortho intramolecular Hbond substituents is 1. The Balaban J connectivity index is 2.36. The van der Waals surface area contributed by atoms with E-state index < -0.39 is 5.97 Å². The summed E-state index contributed by atoms with van der Waals surface area (Å²) < 4.78 is 5.69. The van der Waals surface area contributed by atoms with Crippen molar-refractivity contribution in [1.29, 1.82) is 0 Å². The molecule has 2 rings (SSSR count). The molecule has 104 valence electrons. The first-order valence-corrected chi connectivity index (χ1v) is 7.13. The molecular formula is C16H15BrO3. The van der Waals surface area contributed by atoms with Crippen molar-refractivity contribution < 1.29 is 14.6 Å². The molecule has 0 heterocycles. The lowest BCUT2D eigenvalue weighted by molar-refractivity contribution is 0.0523. The third-order valence-electron chi connectivity index (χ3n) is 2.89. The van der Waals surface area contributed by atoms with Crippen LogP contribution in [0.1, 0.15) is 28.4 Å². The lowest BCUT2D eigenvalue weighted by atomic mass is 10.0. The van der Waals surface area contributed by atoms with E-state index >= 15 is 0 Å². The molecule has 4 heteroatoms. The number of halogens is 1. The third kappa shape index (κ3) is 3.39. The lowest BCUT2D eigenvalue weighted by Crippen LogP contribution is -2.06. The first kappa shape index (κ1) is 14.6. The highest BCUT2D eigenvalue weighted by Gasteiger charge is 2.17. The second kappa shape index (κ2) is 6.57. The Labute approximate surface area is 126 Å². The molecule has 0 amide bonds. The number of ether oxygens (including phenoxy) is 1. The van der Waals surface area contributed by atoms with Gasteiger partial charge in [-0.05, 0) is 24.6 Å². The predicted octanol–water partition coefficient (Wildman–Crippen LogP) is 3.92. The van der Waals surface area contributed by atoms with Gasteiger partial charge in [-0.1, -0.05) is 46.3 Å². The van der Waals surface area contributed by atoms with Crippen molar-refractivity contribution in [1.82, 2.24) is 0 Å². The minimum absolute atomic E-state index is 0.0181. The number of phenols is 1. The van der Waals surface area contributed by atoms with E-state index in [1.807, 2.05) is 36.4 Å². The molecule has 0 aromatic heterocycles. The summed E-state index contributed by atoms with van der Waals surface area (Å²) >= 11 is 3.36. The molecule has 0 spiro atoms. The minimum atomic E-state index is -0.513. The summed E-state index contributed by atoms with van der Waals surface area (Å²) in [6.45, 7) is 2.01. The molecule has 3 nitrogen and oxygen atoms in total. The Kier molecular flexibility index (Phi) is 4.79. The molecule has 1 N–H and O–H groups in total. The molecule has 0 saturated carbocycles. The van der Waals surface area contributed by atoms with Crippen LogP contribution >= 0.6 is 15.9 Å². The lowest BCUT2D eigenvalue weighted by Gasteiger charge is -2.10. The van der Waals surface area contributed by atoms with E-state index in [9.17, 15) is 9.90 Å². The van der Waals surface area contributed by atoms with Gasteiger partial charge in [-0.15, -0.1) is 0 Å². The van der Waals surface area contributed by atoms with Crippen molar-refractivity contribution in [2.75, 3.05) is 6.61 Å². The summed E-state index contributed by atoms with van der Waals surface area (Å²) in [5.74, 6) is -0.531. The molecule has 2 aromatic rings. The summed E-state index contributed by atoms with van der Waals surface area (Å²) in [4.78, 5) is 11.8.